The SMILES string of the molecule is COCCNc1cc2c(N)c(c1OC)OS(=O)(=O)O2. The molecule has 8 nitrogen and oxygen atoms in total. The van der Waals surface area contributed by atoms with E-state index in [0.717, 1.165) is 0 Å². The Morgan fingerprint density at radius 3 is 2.74 bits per heavy atom. The van der Waals surface area contributed by atoms with Gasteiger partial charge < -0.3 is 28.9 Å². The summed E-state index contributed by atoms with van der Waals surface area (Å²) in [5.74, 6) is 0.123. The van der Waals surface area contributed by atoms with Crippen molar-refractivity contribution >= 4 is 21.8 Å². The highest BCUT2D eigenvalue weighted by atomic mass is 32.3. The van der Waals surface area contributed by atoms with Crippen molar-refractivity contribution < 1.29 is 26.3 Å². The Bertz CT molecular complexity index is 586. The fourth-order valence-electron chi connectivity index (χ4n) is 1.63. The smallest absolute Gasteiger partial charge is 0.491 e. The Labute approximate surface area is 110 Å². The van der Waals surface area contributed by atoms with Gasteiger partial charge in [0.05, 0.1) is 19.4 Å². The van der Waals surface area contributed by atoms with Gasteiger partial charge in [0, 0.05) is 19.7 Å². The summed E-state index contributed by atoms with van der Waals surface area (Å²) < 4.78 is 42.1. The molecule has 0 saturated carbocycles. The molecule has 0 fully saturated rings. The molecule has 0 atom stereocenters. The van der Waals surface area contributed by atoms with Crippen molar-refractivity contribution in [1.82, 2.24) is 0 Å². The Hall–Kier alpha value is -1.87. The number of rotatable bonds is 5. The van der Waals surface area contributed by atoms with E-state index in [1.807, 2.05) is 0 Å². The number of hydrogen-bond acceptors (Lipinski definition) is 8. The van der Waals surface area contributed by atoms with Crippen LogP contribution in [0.15, 0.2) is 6.07 Å². The van der Waals surface area contributed by atoms with Gasteiger partial charge in [0.1, 0.15) is 5.69 Å². The Morgan fingerprint density at radius 1 is 1.37 bits per heavy atom. The van der Waals surface area contributed by atoms with Crippen molar-refractivity contribution in [1.29, 1.82) is 0 Å². The van der Waals surface area contributed by atoms with Crippen molar-refractivity contribution in [3.63, 3.8) is 0 Å². The van der Waals surface area contributed by atoms with Gasteiger partial charge in [-0.3, -0.25) is 0 Å². The van der Waals surface area contributed by atoms with E-state index in [9.17, 15) is 8.42 Å². The summed E-state index contributed by atoms with van der Waals surface area (Å²) in [6, 6.07) is 1.44. The van der Waals surface area contributed by atoms with E-state index in [1.165, 1.54) is 13.2 Å². The van der Waals surface area contributed by atoms with Crippen LogP contribution < -0.4 is 24.2 Å². The van der Waals surface area contributed by atoms with E-state index in [-0.39, 0.29) is 22.9 Å². The lowest BCUT2D eigenvalue weighted by Crippen LogP contribution is -2.23. The molecule has 0 saturated heterocycles. The standard InChI is InChI=1S/C10H14N2O6S/c1-15-4-3-12-6-5-7-8(11)10(9(6)16-2)18-19(13,14)17-7/h5,12H,3-4,11H2,1-2H3. The van der Waals surface area contributed by atoms with E-state index in [2.05, 4.69) is 9.50 Å². The van der Waals surface area contributed by atoms with Gasteiger partial charge in [-0.1, -0.05) is 0 Å². The molecule has 0 unspecified atom stereocenters. The first-order valence-corrected chi connectivity index (χ1v) is 6.69. The number of nitrogens with one attached hydrogen (secondary N) is 1. The van der Waals surface area contributed by atoms with Gasteiger partial charge in [-0.05, 0) is 0 Å². The summed E-state index contributed by atoms with van der Waals surface area (Å²) in [6.45, 7) is 0.973. The lowest BCUT2D eigenvalue weighted by molar-refractivity contribution is 0.210. The molecule has 0 radical (unpaired) electrons. The van der Waals surface area contributed by atoms with Crippen LogP contribution in [-0.2, 0) is 15.1 Å². The van der Waals surface area contributed by atoms with Crippen LogP contribution in [0, 0.1) is 0 Å². The molecule has 106 valence electrons. The number of methoxy groups -OCH3 is 2. The summed E-state index contributed by atoms with van der Waals surface area (Å²) in [5.41, 5.74) is 6.30. The summed E-state index contributed by atoms with van der Waals surface area (Å²) in [7, 11) is -1.18. The fraction of sp³-hybridized carbons (Fsp3) is 0.400. The molecular formula is C10H14N2O6S. The van der Waals surface area contributed by atoms with E-state index in [1.54, 1.807) is 7.11 Å². The van der Waals surface area contributed by atoms with E-state index in [0.29, 0.717) is 18.8 Å². The van der Waals surface area contributed by atoms with Gasteiger partial charge in [0.25, 0.3) is 0 Å². The Morgan fingerprint density at radius 2 is 2.11 bits per heavy atom. The van der Waals surface area contributed by atoms with Crippen molar-refractivity contribution in [2.75, 3.05) is 38.4 Å². The predicted molar refractivity (Wildman–Crippen MR) is 67.9 cm³/mol. The first kappa shape index (κ1) is 13.6. The van der Waals surface area contributed by atoms with E-state index in [4.69, 9.17) is 19.4 Å². The van der Waals surface area contributed by atoms with Crippen LogP contribution in [0.1, 0.15) is 0 Å². The van der Waals surface area contributed by atoms with Crippen LogP contribution in [0.5, 0.6) is 17.2 Å². The average molecular weight is 290 g/mol. The zero-order valence-electron chi connectivity index (χ0n) is 10.4. The first-order chi connectivity index (χ1) is 8.98. The van der Waals surface area contributed by atoms with E-state index >= 15 is 0 Å². The third-order valence-corrected chi connectivity index (χ3v) is 3.19. The third-order valence-electron chi connectivity index (χ3n) is 2.44. The van der Waals surface area contributed by atoms with Gasteiger partial charge in [0.2, 0.25) is 5.75 Å². The Balaban J connectivity index is 2.42. The highest BCUT2D eigenvalue weighted by molar-refractivity contribution is 7.82. The van der Waals surface area contributed by atoms with Crippen LogP contribution in [0.3, 0.4) is 0 Å². The van der Waals surface area contributed by atoms with E-state index < -0.39 is 10.4 Å². The van der Waals surface area contributed by atoms with Crippen LogP contribution in [0.2, 0.25) is 0 Å². The molecule has 9 heteroatoms. The molecule has 3 N–H and O–H groups in total. The topological polar surface area (TPSA) is 109 Å². The molecule has 19 heavy (non-hydrogen) atoms. The van der Waals surface area contributed by atoms with Crippen LogP contribution >= 0.6 is 0 Å². The number of nitrogens with two attached hydrogens (primary N) is 1. The molecule has 1 aromatic carbocycles. The molecule has 2 rings (SSSR count). The maximum atomic E-state index is 11.3. The lowest BCUT2D eigenvalue weighted by atomic mass is 10.2. The molecule has 1 aliphatic rings. The summed E-state index contributed by atoms with van der Waals surface area (Å²) in [4.78, 5) is 0. The minimum atomic E-state index is -4.14. The second kappa shape index (κ2) is 5.02. The normalized spacial score (nSPS) is 15.3. The quantitative estimate of drug-likeness (QED) is 0.590. The van der Waals surface area contributed by atoms with Gasteiger partial charge in [0.15, 0.2) is 11.5 Å². The molecule has 2 bridgehead atoms. The zero-order chi connectivity index (χ0) is 14.0. The largest absolute Gasteiger partial charge is 0.501 e. The minimum Gasteiger partial charge on any atom is -0.491 e. The number of anilines is 2. The molecule has 0 amide bonds. The minimum absolute atomic E-state index is 0.00182. The summed E-state index contributed by atoms with van der Waals surface area (Å²) in [6.07, 6.45) is 0. The third kappa shape index (κ3) is 2.61. The second-order valence-electron chi connectivity index (χ2n) is 3.69. The first-order valence-electron chi connectivity index (χ1n) is 5.35. The molecular weight excluding hydrogens is 276 g/mol. The van der Waals surface area contributed by atoms with Crippen molar-refractivity contribution in [2.45, 2.75) is 0 Å². The monoisotopic (exact) mass is 290 g/mol. The van der Waals surface area contributed by atoms with Crippen LogP contribution in [0.4, 0.5) is 11.4 Å². The molecule has 1 heterocycles. The zero-order valence-corrected chi connectivity index (χ0v) is 11.2. The maximum Gasteiger partial charge on any atom is 0.501 e. The number of benzene rings is 1. The van der Waals surface area contributed by atoms with Crippen molar-refractivity contribution in [2.24, 2.45) is 0 Å². The van der Waals surface area contributed by atoms with Crippen molar-refractivity contribution in [3.8, 4) is 17.2 Å². The summed E-state index contributed by atoms with van der Waals surface area (Å²) in [5, 5.41) is 3.01. The van der Waals surface area contributed by atoms with Crippen molar-refractivity contribution in [3.05, 3.63) is 6.07 Å². The molecule has 1 aromatic rings. The highest BCUT2D eigenvalue weighted by Crippen LogP contribution is 2.49. The average Bonchev–Trinajstić information content (AvgIpc) is 2.33. The second-order valence-corrected chi connectivity index (χ2v) is 4.84. The number of fused-ring (bicyclic) bond motifs is 2. The predicted octanol–water partition coefficient (Wildman–Crippen LogP) is 0.352. The maximum absolute atomic E-state index is 11.3. The van der Waals surface area contributed by atoms with Gasteiger partial charge in [-0.15, -0.1) is 8.42 Å². The molecule has 1 aliphatic heterocycles. The van der Waals surface area contributed by atoms with Gasteiger partial charge in [-0.25, -0.2) is 0 Å². The number of ether oxygens (including phenoxy) is 2. The van der Waals surface area contributed by atoms with Gasteiger partial charge in [-0.2, -0.15) is 0 Å². The number of nitrogen functional groups attached to an aromatic ring is 1. The highest BCUT2D eigenvalue weighted by Gasteiger charge is 2.32. The molecule has 0 aromatic heterocycles. The number of hydrogen-bond donors (Lipinski definition) is 2. The summed E-state index contributed by atoms with van der Waals surface area (Å²) >= 11 is 0. The van der Waals surface area contributed by atoms with Crippen LogP contribution in [0.25, 0.3) is 0 Å². The van der Waals surface area contributed by atoms with Gasteiger partial charge >= 0.3 is 10.4 Å². The fourth-order valence-corrected chi connectivity index (χ4v) is 2.39. The Kier molecular flexibility index (Phi) is 3.58. The molecule has 0 spiro atoms. The van der Waals surface area contributed by atoms with Crippen LogP contribution in [-0.4, -0.2) is 35.8 Å². The lowest BCUT2D eigenvalue weighted by Gasteiger charge is -2.22. The molecule has 0 aliphatic carbocycles.